The SMILES string of the molecule is CCC(CCCSCCCO)NC. The molecular formula is C10H23NOS. The topological polar surface area (TPSA) is 32.3 Å². The Morgan fingerprint density at radius 1 is 1.31 bits per heavy atom. The maximum Gasteiger partial charge on any atom is 0.0438 e. The van der Waals surface area contributed by atoms with Gasteiger partial charge in [-0.2, -0.15) is 11.8 Å². The molecule has 0 amide bonds. The zero-order valence-corrected chi connectivity index (χ0v) is 9.70. The van der Waals surface area contributed by atoms with Gasteiger partial charge in [0.05, 0.1) is 0 Å². The van der Waals surface area contributed by atoms with Gasteiger partial charge in [-0.1, -0.05) is 6.92 Å². The lowest BCUT2D eigenvalue weighted by molar-refractivity contribution is 0.296. The van der Waals surface area contributed by atoms with E-state index in [1.54, 1.807) is 0 Å². The molecule has 0 aromatic rings. The zero-order valence-electron chi connectivity index (χ0n) is 8.88. The third kappa shape index (κ3) is 8.60. The summed E-state index contributed by atoms with van der Waals surface area (Å²) in [5.41, 5.74) is 0. The summed E-state index contributed by atoms with van der Waals surface area (Å²) in [6.07, 6.45) is 4.72. The first-order chi connectivity index (χ1) is 6.35. The molecule has 2 nitrogen and oxygen atoms in total. The number of nitrogens with one attached hydrogen (secondary N) is 1. The van der Waals surface area contributed by atoms with Crippen LogP contribution in [0.4, 0.5) is 0 Å². The van der Waals surface area contributed by atoms with Crippen LogP contribution in [0.2, 0.25) is 0 Å². The van der Waals surface area contributed by atoms with Crippen LogP contribution in [0.1, 0.15) is 32.6 Å². The summed E-state index contributed by atoms with van der Waals surface area (Å²) >= 11 is 1.95. The predicted molar refractivity (Wildman–Crippen MR) is 61.4 cm³/mol. The zero-order chi connectivity index (χ0) is 9.94. The van der Waals surface area contributed by atoms with Gasteiger partial charge in [-0.15, -0.1) is 0 Å². The molecule has 13 heavy (non-hydrogen) atoms. The van der Waals surface area contributed by atoms with E-state index in [1.165, 1.54) is 25.0 Å². The Morgan fingerprint density at radius 3 is 2.54 bits per heavy atom. The molecule has 0 spiro atoms. The molecule has 0 radical (unpaired) electrons. The summed E-state index contributed by atoms with van der Waals surface area (Å²) in [5.74, 6) is 2.34. The van der Waals surface area contributed by atoms with E-state index in [0.717, 1.165) is 12.2 Å². The number of aliphatic hydroxyl groups excluding tert-OH is 1. The second-order valence-corrected chi connectivity index (χ2v) is 4.45. The molecule has 0 heterocycles. The molecule has 0 rings (SSSR count). The van der Waals surface area contributed by atoms with E-state index in [1.807, 2.05) is 18.8 Å². The van der Waals surface area contributed by atoms with Crippen molar-refractivity contribution in [2.45, 2.75) is 38.6 Å². The van der Waals surface area contributed by atoms with Crippen molar-refractivity contribution < 1.29 is 5.11 Å². The normalized spacial score (nSPS) is 13.2. The Balaban J connectivity index is 3.05. The molecule has 0 saturated heterocycles. The van der Waals surface area contributed by atoms with Crippen molar-refractivity contribution in [1.82, 2.24) is 5.32 Å². The molecule has 0 saturated carbocycles. The van der Waals surface area contributed by atoms with Gasteiger partial charge in [-0.05, 0) is 44.2 Å². The summed E-state index contributed by atoms with van der Waals surface area (Å²) in [6, 6.07) is 0.693. The van der Waals surface area contributed by atoms with Crippen LogP contribution in [0.5, 0.6) is 0 Å². The lowest BCUT2D eigenvalue weighted by atomic mass is 10.1. The molecule has 0 aromatic heterocycles. The van der Waals surface area contributed by atoms with Crippen LogP contribution in [0.15, 0.2) is 0 Å². The minimum atomic E-state index is 0.334. The highest BCUT2D eigenvalue weighted by Crippen LogP contribution is 2.08. The number of thioether (sulfide) groups is 1. The van der Waals surface area contributed by atoms with Crippen LogP contribution in [-0.4, -0.2) is 36.3 Å². The average Bonchev–Trinajstić information content (AvgIpc) is 2.17. The van der Waals surface area contributed by atoms with Crippen LogP contribution < -0.4 is 5.32 Å². The predicted octanol–water partition coefficient (Wildman–Crippen LogP) is 1.88. The van der Waals surface area contributed by atoms with Gasteiger partial charge >= 0.3 is 0 Å². The molecule has 0 aliphatic rings. The molecule has 0 aliphatic heterocycles. The fourth-order valence-electron chi connectivity index (χ4n) is 1.25. The highest BCUT2D eigenvalue weighted by atomic mass is 32.2. The van der Waals surface area contributed by atoms with Crippen molar-refractivity contribution in [2.24, 2.45) is 0 Å². The molecule has 0 aromatic carbocycles. The van der Waals surface area contributed by atoms with Crippen LogP contribution in [0.25, 0.3) is 0 Å². The minimum Gasteiger partial charge on any atom is -0.396 e. The Hall–Kier alpha value is 0.270. The number of aliphatic hydroxyl groups is 1. The Labute approximate surface area is 86.5 Å². The summed E-state index contributed by atoms with van der Waals surface area (Å²) in [5, 5.41) is 11.9. The second-order valence-electron chi connectivity index (χ2n) is 3.23. The van der Waals surface area contributed by atoms with Crippen LogP contribution in [0, 0.1) is 0 Å². The smallest absolute Gasteiger partial charge is 0.0438 e. The Morgan fingerprint density at radius 2 is 2.00 bits per heavy atom. The number of hydrogen-bond donors (Lipinski definition) is 2. The maximum absolute atomic E-state index is 8.56. The van der Waals surface area contributed by atoms with Crippen molar-refractivity contribution in [1.29, 1.82) is 0 Å². The summed E-state index contributed by atoms with van der Waals surface area (Å²) in [6.45, 7) is 2.56. The maximum atomic E-state index is 8.56. The highest BCUT2D eigenvalue weighted by molar-refractivity contribution is 7.99. The molecule has 2 N–H and O–H groups in total. The van der Waals surface area contributed by atoms with Gasteiger partial charge in [0.15, 0.2) is 0 Å². The Bertz CT molecular complexity index is 96.9. The van der Waals surface area contributed by atoms with E-state index in [9.17, 15) is 0 Å². The average molecular weight is 205 g/mol. The summed E-state index contributed by atoms with van der Waals surface area (Å²) in [4.78, 5) is 0. The molecule has 1 atom stereocenters. The van der Waals surface area contributed by atoms with Gasteiger partial charge in [-0.3, -0.25) is 0 Å². The standard InChI is InChI=1S/C10H23NOS/c1-3-10(11-2)6-4-8-13-9-5-7-12/h10-12H,3-9H2,1-2H3. The minimum absolute atomic E-state index is 0.334. The third-order valence-corrected chi connectivity index (χ3v) is 3.34. The van der Waals surface area contributed by atoms with Gasteiger partial charge in [0.25, 0.3) is 0 Å². The summed E-state index contributed by atoms with van der Waals surface area (Å²) in [7, 11) is 2.03. The largest absolute Gasteiger partial charge is 0.396 e. The van der Waals surface area contributed by atoms with Crippen molar-refractivity contribution in [3.63, 3.8) is 0 Å². The van der Waals surface area contributed by atoms with E-state index < -0.39 is 0 Å². The van der Waals surface area contributed by atoms with Crippen molar-refractivity contribution in [2.75, 3.05) is 25.2 Å². The van der Waals surface area contributed by atoms with E-state index in [2.05, 4.69) is 12.2 Å². The lowest BCUT2D eigenvalue weighted by Crippen LogP contribution is -2.23. The van der Waals surface area contributed by atoms with Gasteiger partial charge in [0.2, 0.25) is 0 Å². The molecule has 1 unspecified atom stereocenters. The van der Waals surface area contributed by atoms with Crippen LogP contribution in [-0.2, 0) is 0 Å². The van der Waals surface area contributed by atoms with Crippen molar-refractivity contribution in [3.8, 4) is 0 Å². The van der Waals surface area contributed by atoms with Gasteiger partial charge in [0, 0.05) is 12.6 Å². The van der Waals surface area contributed by atoms with E-state index in [4.69, 9.17) is 5.11 Å². The van der Waals surface area contributed by atoms with Crippen LogP contribution in [0.3, 0.4) is 0 Å². The second kappa shape index (κ2) is 10.4. The summed E-state index contributed by atoms with van der Waals surface area (Å²) < 4.78 is 0. The van der Waals surface area contributed by atoms with Crippen molar-refractivity contribution >= 4 is 11.8 Å². The van der Waals surface area contributed by atoms with E-state index >= 15 is 0 Å². The first-order valence-electron chi connectivity index (χ1n) is 5.21. The first kappa shape index (κ1) is 13.3. The highest BCUT2D eigenvalue weighted by Gasteiger charge is 2.01. The lowest BCUT2D eigenvalue weighted by Gasteiger charge is -2.12. The third-order valence-electron chi connectivity index (χ3n) is 2.19. The fourth-order valence-corrected chi connectivity index (χ4v) is 2.16. The monoisotopic (exact) mass is 205 g/mol. The van der Waals surface area contributed by atoms with Crippen LogP contribution >= 0.6 is 11.8 Å². The van der Waals surface area contributed by atoms with Gasteiger partial charge in [0.1, 0.15) is 0 Å². The number of hydrogen-bond acceptors (Lipinski definition) is 3. The Kier molecular flexibility index (Phi) is 10.6. The fraction of sp³-hybridized carbons (Fsp3) is 1.00. The van der Waals surface area contributed by atoms with E-state index in [0.29, 0.717) is 12.6 Å². The molecular weight excluding hydrogens is 182 g/mol. The van der Waals surface area contributed by atoms with Crippen molar-refractivity contribution in [3.05, 3.63) is 0 Å². The van der Waals surface area contributed by atoms with E-state index in [-0.39, 0.29) is 0 Å². The molecule has 3 heteroatoms. The quantitative estimate of drug-likeness (QED) is 0.564. The number of rotatable bonds is 9. The molecule has 0 fully saturated rings. The molecule has 0 aliphatic carbocycles. The van der Waals surface area contributed by atoms with Gasteiger partial charge < -0.3 is 10.4 Å². The van der Waals surface area contributed by atoms with Gasteiger partial charge in [-0.25, -0.2) is 0 Å². The molecule has 0 bridgehead atoms. The molecule has 80 valence electrons. The first-order valence-corrected chi connectivity index (χ1v) is 6.36.